The summed E-state index contributed by atoms with van der Waals surface area (Å²) in [5, 5.41) is 15.5. The number of hydrogen-bond donors (Lipinski definition) is 1. The maximum Gasteiger partial charge on any atom is 0.138 e. The van der Waals surface area contributed by atoms with Crippen LogP contribution in [0.3, 0.4) is 0 Å². The van der Waals surface area contributed by atoms with Crippen LogP contribution in [0.5, 0.6) is 0 Å². The highest BCUT2D eigenvalue weighted by molar-refractivity contribution is 9.10. The van der Waals surface area contributed by atoms with Gasteiger partial charge < -0.3 is 5.11 Å². The van der Waals surface area contributed by atoms with Gasteiger partial charge >= 0.3 is 0 Å². The highest BCUT2D eigenvalue weighted by Crippen LogP contribution is 2.28. The van der Waals surface area contributed by atoms with Crippen LogP contribution < -0.4 is 0 Å². The standard InChI is InChI=1S/C17H13BrClN3O/c18-14-3-1-2-12(8-14)9-16(22-11-20-10-21-22)17(23)13-4-6-15(19)7-5-13/h1-11,17,23H/b16-9+. The SMILES string of the molecule is OC(/C(=C\c1cccc(Br)c1)n1cncn1)c1ccc(Cl)cc1. The fourth-order valence-corrected chi connectivity index (χ4v) is 2.74. The normalized spacial score (nSPS) is 13.1. The van der Waals surface area contributed by atoms with Gasteiger partial charge in [0, 0.05) is 9.50 Å². The molecule has 116 valence electrons. The molecule has 0 aliphatic rings. The second-order valence-corrected chi connectivity index (χ2v) is 6.27. The van der Waals surface area contributed by atoms with Gasteiger partial charge in [-0.3, -0.25) is 0 Å². The molecule has 0 amide bonds. The molecule has 3 rings (SSSR count). The van der Waals surface area contributed by atoms with E-state index in [2.05, 4.69) is 26.0 Å². The Kier molecular flexibility index (Phi) is 4.91. The van der Waals surface area contributed by atoms with Crippen molar-refractivity contribution >= 4 is 39.3 Å². The summed E-state index contributed by atoms with van der Waals surface area (Å²) in [6.45, 7) is 0. The third kappa shape index (κ3) is 3.88. The molecule has 1 N–H and O–H groups in total. The molecule has 0 spiro atoms. The van der Waals surface area contributed by atoms with Crippen molar-refractivity contribution in [1.82, 2.24) is 14.8 Å². The van der Waals surface area contributed by atoms with Crippen LogP contribution in [0.25, 0.3) is 11.8 Å². The Morgan fingerprint density at radius 3 is 2.65 bits per heavy atom. The van der Waals surface area contributed by atoms with Crippen LogP contribution in [0.15, 0.2) is 65.7 Å². The third-order valence-electron chi connectivity index (χ3n) is 3.31. The van der Waals surface area contributed by atoms with Crippen molar-refractivity contribution in [2.24, 2.45) is 0 Å². The molecule has 0 saturated heterocycles. The van der Waals surface area contributed by atoms with Gasteiger partial charge in [-0.25, -0.2) is 9.67 Å². The minimum atomic E-state index is -0.854. The molecule has 3 aromatic rings. The largest absolute Gasteiger partial charge is 0.382 e. The lowest BCUT2D eigenvalue weighted by molar-refractivity contribution is 0.231. The van der Waals surface area contributed by atoms with Gasteiger partial charge in [-0.2, -0.15) is 5.10 Å². The van der Waals surface area contributed by atoms with Crippen LogP contribution in [0.2, 0.25) is 5.02 Å². The third-order valence-corrected chi connectivity index (χ3v) is 4.06. The van der Waals surface area contributed by atoms with Gasteiger partial charge in [-0.1, -0.05) is 51.8 Å². The first-order valence-electron chi connectivity index (χ1n) is 6.89. The van der Waals surface area contributed by atoms with Gasteiger partial charge in [0.2, 0.25) is 0 Å². The van der Waals surface area contributed by atoms with Crippen molar-refractivity contribution in [3.8, 4) is 0 Å². The predicted octanol–water partition coefficient (Wildman–Crippen LogP) is 4.43. The zero-order valence-corrected chi connectivity index (χ0v) is 14.3. The van der Waals surface area contributed by atoms with E-state index in [9.17, 15) is 5.11 Å². The number of rotatable bonds is 4. The van der Waals surface area contributed by atoms with Crippen LogP contribution in [0.4, 0.5) is 0 Å². The van der Waals surface area contributed by atoms with E-state index in [0.29, 0.717) is 10.7 Å². The van der Waals surface area contributed by atoms with Gasteiger partial charge in [-0.15, -0.1) is 0 Å². The van der Waals surface area contributed by atoms with Crippen molar-refractivity contribution in [3.63, 3.8) is 0 Å². The van der Waals surface area contributed by atoms with E-state index in [0.717, 1.165) is 15.6 Å². The number of hydrogen-bond acceptors (Lipinski definition) is 3. The van der Waals surface area contributed by atoms with E-state index >= 15 is 0 Å². The van der Waals surface area contributed by atoms with E-state index in [1.807, 2.05) is 30.3 Å². The Morgan fingerprint density at radius 2 is 2.00 bits per heavy atom. The Balaban J connectivity index is 2.04. The van der Waals surface area contributed by atoms with Gasteiger partial charge in [0.1, 0.15) is 18.8 Å². The maximum atomic E-state index is 10.8. The average molecular weight is 391 g/mol. The molecule has 1 aromatic heterocycles. The molecule has 4 nitrogen and oxygen atoms in total. The van der Waals surface area contributed by atoms with Crippen LogP contribution in [0, 0.1) is 0 Å². The molecular weight excluding hydrogens is 378 g/mol. The van der Waals surface area contributed by atoms with Gasteiger partial charge in [-0.05, 0) is 41.5 Å². The zero-order chi connectivity index (χ0) is 16.2. The monoisotopic (exact) mass is 389 g/mol. The van der Waals surface area contributed by atoms with Gasteiger partial charge in [0.15, 0.2) is 0 Å². The van der Waals surface area contributed by atoms with E-state index in [-0.39, 0.29) is 0 Å². The number of benzene rings is 2. The van der Waals surface area contributed by atoms with Crippen molar-refractivity contribution in [3.05, 3.63) is 81.8 Å². The number of halogens is 2. The molecule has 6 heteroatoms. The van der Waals surface area contributed by atoms with Crippen LogP contribution in [-0.4, -0.2) is 19.9 Å². The lowest BCUT2D eigenvalue weighted by Gasteiger charge is -2.15. The van der Waals surface area contributed by atoms with Crippen molar-refractivity contribution in [1.29, 1.82) is 0 Å². The fraction of sp³-hybridized carbons (Fsp3) is 0.0588. The number of aromatic nitrogens is 3. The Bertz CT molecular complexity index is 816. The Morgan fingerprint density at radius 1 is 1.22 bits per heavy atom. The minimum absolute atomic E-state index is 0.600. The first-order chi connectivity index (χ1) is 11.1. The first-order valence-corrected chi connectivity index (χ1v) is 8.06. The highest BCUT2D eigenvalue weighted by Gasteiger charge is 2.16. The quantitative estimate of drug-likeness (QED) is 0.717. The summed E-state index contributed by atoms with van der Waals surface area (Å²) in [5.41, 5.74) is 2.27. The van der Waals surface area contributed by atoms with Gasteiger partial charge in [0.25, 0.3) is 0 Å². The molecule has 0 fully saturated rings. The average Bonchev–Trinajstić information content (AvgIpc) is 3.07. The molecule has 0 bridgehead atoms. The number of nitrogens with zero attached hydrogens (tertiary/aromatic N) is 3. The summed E-state index contributed by atoms with van der Waals surface area (Å²) in [6, 6.07) is 14.9. The van der Waals surface area contributed by atoms with Crippen molar-refractivity contribution < 1.29 is 5.11 Å². The highest BCUT2D eigenvalue weighted by atomic mass is 79.9. The summed E-state index contributed by atoms with van der Waals surface area (Å²) in [4.78, 5) is 3.96. The predicted molar refractivity (Wildman–Crippen MR) is 94.7 cm³/mol. The molecule has 1 unspecified atom stereocenters. The van der Waals surface area contributed by atoms with E-state index < -0.39 is 6.10 Å². The summed E-state index contributed by atoms with van der Waals surface area (Å²) >= 11 is 9.36. The fourth-order valence-electron chi connectivity index (χ4n) is 2.19. The summed E-state index contributed by atoms with van der Waals surface area (Å²) in [7, 11) is 0. The van der Waals surface area contributed by atoms with E-state index in [1.165, 1.54) is 6.33 Å². The van der Waals surface area contributed by atoms with E-state index in [1.54, 1.807) is 35.3 Å². The zero-order valence-electron chi connectivity index (χ0n) is 12.0. The summed E-state index contributed by atoms with van der Waals surface area (Å²) in [6.07, 6.45) is 4.01. The second kappa shape index (κ2) is 7.08. The molecule has 0 aliphatic heterocycles. The first kappa shape index (κ1) is 15.9. The van der Waals surface area contributed by atoms with E-state index in [4.69, 9.17) is 11.6 Å². The van der Waals surface area contributed by atoms with Crippen LogP contribution >= 0.6 is 27.5 Å². The molecule has 0 radical (unpaired) electrons. The minimum Gasteiger partial charge on any atom is -0.382 e. The second-order valence-electron chi connectivity index (χ2n) is 4.92. The molecular formula is C17H13BrClN3O. The molecule has 1 atom stereocenters. The number of aliphatic hydroxyl groups excluding tert-OH is 1. The maximum absolute atomic E-state index is 10.8. The molecule has 1 heterocycles. The topological polar surface area (TPSA) is 50.9 Å². The Hall–Kier alpha value is -1.95. The summed E-state index contributed by atoms with van der Waals surface area (Å²) < 4.78 is 2.52. The molecule has 2 aromatic carbocycles. The van der Waals surface area contributed by atoms with Crippen molar-refractivity contribution in [2.75, 3.05) is 0 Å². The lowest BCUT2D eigenvalue weighted by Crippen LogP contribution is -2.08. The number of aliphatic hydroxyl groups is 1. The lowest BCUT2D eigenvalue weighted by atomic mass is 10.0. The van der Waals surface area contributed by atoms with Crippen molar-refractivity contribution in [2.45, 2.75) is 6.10 Å². The van der Waals surface area contributed by atoms with Crippen LogP contribution in [-0.2, 0) is 0 Å². The summed E-state index contributed by atoms with van der Waals surface area (Å²) in [5.74, 6) is 0. The Labute approximate surface area is 147 Å². The molecule has 0 saturated carbocycles. The van der Waals surface area contributed by atoms with Gasteiger partial charge in [0.05, 0.1) is 5.70 Å². The van der Waals surface area contributed by atoms with Crippen LogP contribution in [0.1, 0.15) is 17.2 Å². The smallest absolute Gasteiger partial charge is 0.138 e. The molecule has 23 heavy (non-hydrogen) atoms. The molecule has 0 aliphatic carbocycles.